The van der Waals surface area contributed by atoms with Crippen LogP contribution >= 0.6 is 0 Å². The molecule has 4 atom stereocenters. The zero-order chi connectivity index (χ0) is 28.7. The second kappa shape index (κ2) is 13.2. The summed E-state index contributed by atoms with van der Waals surface area (Å²) in [6, 6.07) is 31.4. The van der Waals surface area contributed by atoms with Crippen molar-refractivity contribution in [1.82, 2.24) is 0 Å². The van der Waals surface area contributed by atoms with Crippen LogP contribution in [0.15, 0.2) is 103 Å². The average molecular weight is 545 g/mol. The highest BCUT2D eigenvalue weighted by atomic mass is 28.4. The normalized spacial score (nSPS) is 16.1. The minimum Gasteiger partial charge on any atom is -0.413 e. The molecule has 0 saturated carbocycles. The van der Waals surface area contributed by atoms with Crippen LogP contribution in [0.2, 0.25) is 18.1 Å². The molecule has 39 heavy (non-hydrogen) atoms. The van der Waals surface area contributed by atoms with E-state index in [-0.39, 0.29) is 23.0 Å². The van der Waals surface area contributed by atoms with Gasteiger partial charge in [0.2, 0.25) is 0 Å². The number of allylic oxidation sites excluding steroid dienone is 1. The predicted octanol–water partition coefficient (Wildman–Crippen LogP) is 8.59. The van der Waals surface area contributed by atoms with E-state index in [9.17, 15) is 5.11 Å². The van der Waals surface area contributed by atoms with Gasteiger partial charge < -0.3 is 14.3 Å². The number of hydrogen-bond donors (Lipinski definition) is 1. The van der Waals surface area contributed by atoms with E-state index in [4.69, 9.17) is 9.16 Å². The van der Waals surface area contributed by atoms with Crippen molar-refractivity contribution in [1.29, 1.82) is 0 Å². The Morgan fingerprint density at radius 2 is 1.18 bits per heavy atom. The molecule has 0 radical (unpaired) electrons. The summed E-state index contributed by atoms with van der Waals surface area (Å²) in [7, 11) is -2.12. The Hall–Kier alpha value is -2.50. The summed E-state index contributed by atoms with van der Waals surface area (Å²) in [6.45, 7) is 18.0. The topological polar surface area (TPSA) is 38.7 Å². The lowest BCUT2D eigenvalue weighted by atomic mass is 9.80. The first-order valence-corrected chi connectivity index (χ1v) is 17.1. The smallest absolute Gasteiger partial charge is 0.192 e. The number of benzene rings is 3. The van der Waals surface area contributed by atoms with Gasteiger partial charge in [0.15, 0.2) is 8.32 Å². The van der Waals surface area contributed by atoms with E-state index in [0.29, 0.717) is 6.61 Å². The van der Waals surface area contributed by atoms with E-state index in [2.05, 4.69) is 121 Å². The molecule has 0 aliphatic rings. The second-order valence-corrected chi connectivity index (χ2v) is 17.0. The largest absolute Gasteiger partial charge is 0.413 e. The van der Waals surface area contributed by atoms with E-state index < -0.39 is 20.0 Å². The molecule has 0 aliphatic carbocycles. The van der Waals surface area contributed by atoms with E-state index in [1.165, 1.54) is 0 Å². The summed E-state index contributed by atoms with van der Waals surface area (Å²) in [5.74, 6) is -0.0574. The molecule has 0 bridgehead atoms. The van der Waals surface area contributed by atoms with Crippen LogP contribution in [0.4, 0.5) is 0 Å². The van der Waals surface area contributed by atoms with Gasteiger partial charge in [-0.3, -0.25) is 0 Å². The molecule has 0 aliphatic heterocycles. The molecule has 210 valence electrons. The number of aliphatic hydroxyl groups excluding tert-OH is 1. The van der Waals surface area contributed by atoms with Gasteiger partial charge in [-0.2, -0.15) is 0 Å². The van der Waals surface area contributed by atoms with Crippen LogP contribution in [0.3, 0.4) is 0 Å². The Kier molecular flexibility index (Phi) is 10.5. The predicted molar refractivity (Wildman–Crippen MR) is 166 cm³/mol. The number of aliphatic hydroxyl groups is 1. The van der Waals surface area contributed by atoms with Crippen molar-refractivity contribution in [3.63, 3.8) is 0 Å². The Morgan fingerprint density at radius 1 is 0.769 bits per heavy atom. The summed E-state index contributed by atoms with van der Waals surface area (Å²) in [4.78, 5) is 0. The molecular weight excluding hydrogens is 496 g/mol. The maximum atomic E-state index is 11.0. The quantitative estimate of drug-likeness (QED) is 0.141. The zero-order valence-corrected chi connectivity index (χ0v) is 26.1. The highest BCUT2D eigenvalue weighted by Crippen LogP contribution is 2.43. The van der Waals surface area contributed by atoms with Crippen molar-refractivity contribution in [3.05, 3.63) is 120 Å². The van der Waals surface area contributed by atoms with Crippen LogP contribution < -0.4 is 0 Å². The van der Waals surface area contributed by atoms with Crippen LogP contribution in [0, 0.1) is 11.8 Å². The van der Waals surface area contributed by atoms with Gasteiger partial charge in [0, 0.05) is 11.8 Å². The Labute approximate surface area is 238 Å². The van der Waals surface area contributed by atoms with Crippen LogP contribution in [0.5, 0.6) is 0 Å². The van der Waals surface area contributed by atoms with Crippen molar-refractivity contribution in [3.8, 4) is 0 Å². The van der Waals surface area contributed by atoms with Crippen molar-refractivity contribution in [2.75, 3.05) is 6.61 Å². The monoisotopic (exact) mass is 544 g/mol. The first-order chi connectivity index (χ1) is 18.4. The lowest BCUT2D eigenvalue weighted by Gasteiger charge is -2.44. The minimum absolute atomic E-state index is 0.0320. The lowest BCUT2D eigenvalue weighted by molar-refractivity contribution is -0.0520. The molecule has 0 aromatic heterocycles. The number of hydrogen-bond acceptors (Lipinski definition) is 3. The third-order valence-electron chi connectivity index (χ3n) is 8.35. The van der Waals surface area contributed by atoms with Crippen molar-refractivity contribution >= 4 is 8.32 Å². The number of ether oxygens (including phenoxy) is 1. The van der Waals surface area contributed by atoms with Crippen LogP contribution in [-0.4, -0.2) is 32.2 Å². The fraction of sp³-hybridized carbons (Fsp3) is 0.429. The summed E-state index contributed by atoms with van der Waals surface area (Å²) in [5.41, 5.74) is 2.46. The third kappa shape index (κ3) is 7.18. The maximum Gasteiger partial charge on any atom is 0.192 e. The molecule has 4 heteroatoms. The van der Waals surface area contributed by atoms with Crippen LogP contribution in [0.1, 0.15) is 58.2 Å². The lowest BCUT2D eigenvalue weighted by Crippen LogP contribution is -2.50. The molecule has 0 heterocycles. The van der Waals surface area contributed by atoms with Crippen LogP contribution in [-0.2, 0) is 14.8 Å². The van der Waals surface area contributed by atoms with Gasteiger partial charge in [-0.25, -0.2) is 0 Å². The molecule has 3 aromatic rings. The van der Waals surface area contributed by atoms with E-state index in [1.54, 1.807) is 0 Å². The molecule has 1 N–H and O–H groups in total. The molecule has 0 spiro atoms. The van der Waals surface area contributed by atoms with E-state index in [1.807, 2.05) is 37.3 Å². The van der Waals surface area contributed by atoms with Crippen molar-refractivity contribution in [2.45, 2.75) is 77.5 Å². The fourth-order valence-electron chi connectivity index (χ4n) is 4.95. The first-order valence-electron chi connectivity index (χ1n) is 14.2. The first kappa shape index (κ1) is 31.0. The van der Waals surface area contributed by atoms with E-state index >= 15 is 0 Å². The van der Waals surface area contributed by atoms with Gasteiger partial charge in [0.05, 0.1) is 18.8 Å². The fourth-order valence-corrected chi connectivity index (χ4v) is 6.43. The highest BCUT2D eigenvalue weighted by molar-refractivity contribution is 6.74. The van der Waals surface area contributed by atoms with Gasteiger partial charge in [0.1, 0.15) is 5.60 Å². The molecule has 0 amide bonds. The van der Waals surface area contributed by atoms with Crippen molar-refractivity contribution < 1.29 is 14.3 Å². The summed E-state index contributed by atoms with van der Waals surface area (Å²) >= 11 is 0. The Morgan fingerprint density at radius 3 is 1.54 bits per heavy atom. The Balaban J connectivity index is 2.07. The molecular formula is C35H48O3Si. The molecule has 0 saturated heterocycles. The molecule has 3 nitrogen and oxygen atoms in total. The summed E-state index contributed by atoms with van der Waals surface area (Å²) in [6.07, 6.45) is 3.02. The average Bonchev–Trinajstić information content (AvgIpc) is 2.93. The Bertz CT molecular complexity index is 1060. The standard InChI is InChI=1S/C35H48O3Si/c1-9-19-32(36)28(3)33(38-39(7,8)34(4,5)6)27(2)26-37-35(29-20-13-10-14-21-29,30-22-15-11-16-23-30)31-24-17-12-18-25-31/h9-25,27-28,32-33,36H,26H2,1-8H3/t27-,28-,32+,33-/m0/s1. The van der Waals surface area contributed by atoms with E-state index in [0.717, 1.165) is 16.7 Å². The maximum absolute atomic E-state index is 11.0. The number of rotatable bonds is 12. The molecule has 3 aromatic carbocycles. The van der Waals surface area contributed by atoms with Gasteiger partial charge in [-0.15, -0.1) is 0 Å². The second-order valence-electron chi connectivity index (χ2n) is 12.3. The molecule has 3 rings (SSSR count). The molecule has 0 unspecified atom stereocenters. The summed E-state index contributed by atoms with van der Waals surface area (Å²) in [5, 5.41) is 11.1. The van der Waals surface area contributed by atoms with Gasteiger partial charge in [-0.1, -0.05) is 138 Å². The summed E-state index contributed by atoms with van der Waals surface area (Å²) < 4.78 is 14.2. The molecule has 0 fully saturated rings. The third-order valence-corrected chi connectivity index (χ3v) is 12.8. The van der Waals surface area contributed by atoms with Crippen molar-refractivity contribution in [2.24, 2.45) is 11.8 Å². The SMILES string of the molecule is CC=C[C@@H](O)[C@H](C)[C@@H](O[Si](C)(C)C(C)(C)C)[C@@H](C)COC(c1ccccc1)(c1ccccc1)c1ccccc1. The van der Waals surface area contributed by atoms with Gasteiger partial charge in [-0.05, 0) is 41.7 Å². The van der Waals surface area contributed by atoms with Gasteiger partial charge >= 0.3 is 0 Å². The minimum atomic E-state index is -2.12. The zero-order valence-electron chi connectivity index (χ0n) is 25.1. The van der Waals surface area contributed by atoms with Crippen LogP contribution in [0.25, 0.3) is 0 Å². The highest BCUT2D eigenvalue weighted by Gasteiger charge is 2.44. The van der Waals surface area contributed by atoms with Gasteiger partial charge in [0.25, 0.3) is 0 Å².